The maximum absolute atomic E-state index is 12.5. The third-order valence-corrected chi connectivity index (χ3v) is 5.48. The van der Waals surface area contributed by atoms with E-state index in [-0.39, 0.29) is 5.91 Å². The topological polar surface area (TPSA) is 108 Å². The van der Waals surface area contributed by atoms with Crippen LogP contribution in [0, 0.1) is 0 Å². The van der Waals surface area contributed by atoms with Gasteiger partial charge in [-0.1, -0.05) is 18.2 Å². The first kappa shape index (κ1) is 21.1. The summed E-state index contributed by atoms with van der Waals surface area (Å²) in [5.41, 5.74) is 10.7. The second-order valence-corrected chi connectivity index (χ2v) is 7.63. The first-order valence-electron chi connectivity index (χ1n) is 10.7. The number of ether oxygens (including phenoxy) is 1. The van der Waals surface area contributed by atoms with E-state index >= 15 is 0 Å². The second kappa shape index (κ2) is 9.03. The summed E-state index contributed by atoms with van der Waals surface area (Å²) in [5.74, 6) is 1.54. The van der Waals surface area contributed by atoms with E-state index in [1.54, 1.807) is 43.8 Å². The molecule has 8 heteroatoms. The van der Waals surface area contributed by atoms with Crippen LogP contribution in [0.3, 0.4) is 0 Å². The minimum absolute atomic E-state index is 0.165. The van der Waals surface area contributed by atoms with Crippen LogP contribution < -0.4 is 15.8 Å². The number of fused-ring (bicyclic) bond motifs is 1. The average molecular weight is 451 g/mol. The van der Waals surface area contributed by atoms with E-state index in [1.165, 1.54) is 0 Å². The van der Waals surface area contributed by atoms with Crippen molar-refractivity contribution < 1.29 is 9.53 Å². The molecule has 168 valence electrons. The van der Waals surface area contributed by atoms with Crippen LogP contribution in [0.15, 0.2) is 85.2 Å². The van der Waals surface area contributed by atoms with Gasteiger partial charge in [0.25, 0.3) is 5.91 Å². The van der Waals surface area contributed by atoms with Crippen molar-refractivity contribution in [2.45, 2.75) is 6.54 Å². The molecular weight excluding hydrogens is 428 g/mol. The van der Waals surface area contributed by atoms with E-state index in [2.05, 4.69) is 15.3 Å². The Morgan fingerprint density at radius 3 is 2.59 bits per heavy atom. The molecule has 0 aliphatic rings. The number of carbonyl (C=O) groups is 1. The highest BCUT2D eigenvalue weighted by atomic mass is 16.5. The molecule has 5 rings (SSSR count). The molecule has 8 nitrogen and oxygen atoms in total. The van der Waals surface area contributed by atoms with Gasteiger partial charge in [-0.25, -0.2) is 15.0 Å². The quantitative estimate of drug-likeness (QED) is 0.405. The summed E-state index contributed by atoms with van der Waals surface area (Å²) in [6.07, 6.45) is 3.39. The number of nitrogen functional groups attached to an aromatic ring is 1. The second-order valence-electron chi connectivity index (χ2n) is 7.63. The van der Waals surface area contributed by atoms with Crippen LogP contribution in [-0.2, 0) is 6.54 Å². The molecule has 0 aliphatic carbocycles. The Bertz CT molecular complexity index is 1480. The molecule has 0 atom stereocenters. The van der Waals surface area contributed by atoms with Crippen molar-refractivity contribution in [2.24, 2.45) is 0 Å². The van der Waals surface area contributed by atoms with E-state index in [0.29, 0.717) is 29.5 Å². The third kappa shape index (κ3) is 4.04. The highest BCUT2D eigenvalue weighted by Gasteiger charge is 2.17. The van der Waals surface area contributed by atoms with Gasteiger partial charge in [0.15, 0.2) is 11.5 Å². The van der Waals surface area contributed by atoms with Gasteiger partial charge in [-0.3, -0.25) is 9.36 Å². The minimum atomic E-state index is -0.165. The van der Waals surface area contributed by atoms with Gasteiger partial charge < -0.3 is 15.8 Å². The van der Waals surface area contributed by atoms with Gasteiger partial charge in [0.05, 0.1) is 12.7 Å². The largest absolute Gasteiger partial charge is 0.497 e. The Kier molecular flexibility index (Phi) is 5.61. The molecule has 2 aromatic carbocycles. The SMILES string of the molecule is COc1cccc(C(=O)NCc2ccc(-n3c(-c4cccnc4N)nc4cccnc43)cc2)c1. The predicted molar refractivity (Wildman–Crippen MR) is 131 cm³/mol. The van der Waals surface area contributed by atoms with Gasteiger partial charge in [0, 0.05) is 30.2 Å². The normalized spacial score (nSPS) is 10.9. The number of carbonyl (C=O) groups excluding carboxylic acids is 1. The van der Waals surface area contributed by atoms with Gasteiger partial charge in [-0.2, -0.15) is 0 Å². The van der Waals surface area contributed by atoms with Crippen LogP contribution in [0.1, 0.15) is 15.9 Å². The standard InChI is InChI=1S/C26H22N6O2/c1-34-20-6-2-5-18(15-20)26(33)30-16-17-9-11-19(12-10-17)32-24(21-7-3-13-28-23(21)27)31-22-8-4-14-29-25(22)32/h2-15H,16H2,1H3,(H2,27,28)(H,30,33). The number of benzene rings is 2. The minimum Gasteiger partial charge on any atom is -0.497 e. The Labute approximate surface area is 196 Å². The maximum atomic E-state index is 12.5. The molecule has 5 aromatic rings. The van der Waals surface area contributed by atoms with Crippen molar-refractivity contribution in [2.75, 3.05) is 12.8 Å². The van der Waals surface area contributed by atoms with E-state index in [1.807, 2.05) is 53.1 Å². The van der Waals surface area contributed by atoms with Crippen molar-refractivity contribution in [3.8, 4) is 22.8 Å². The monoisotopic (exact) mass is 450 g/mol. The molecule has 0 saturated heterocycles. The molecule has 0 bridgehead atoms. The van der Waals surface area contributed by atoms with Crippen molar-refractivity contribution in [1.82, 2.24) is 24.8 Å². The third-order valence-electron chi connectivity index (χ3n) is 5.48. The van der Waals surface area contributed by atoms with Crippen LogP contribution in [0.5, 0.6) is 5.75 Å². The molecule has 0 spiro atoms. The number of nitrogens with one attached hydrogen (secondary N) is 1. The Morgan fingerprint density at radius 2 is 1.79 bits per heavy atom. The smallest absolute Gasteiger partial charge is 0.251 e. The molecule has 34 heavy (non-hydrogen) atoms. The number of nitrogens with zero attached hydrogens (tertiary/aromatic N) is 4. The fourth-order valence-corrected chi connectivity index (χ4v) is 3.76. The zero-order valence-corrected chi connectivity index (χ0v) is 18.5. The molecule has 3 aromatic heterocycles. The van der Waals surface area contributed by atoms with Crippen LogP contribution >= 0.6 is 0 Å². The summed E-state index contributed by atoms with van der Waals surface area (Å²) in [5, 5.41) is 2.94. The number of aromatic nitrogens is 4. The van der Waals surface area contributed by atoms with E-state index in [4.69, 9.17) is 15.5 Å². The number of amides is 1. The number of pyridine rings is 2. The Hall–Kier alpha value is -4.72. The number of imidazole rings is 1. The molecule has 3 heterocycles. The van der Waals surface area contributed by atoms with Crippen molar-refractivity contribution in [1.29, 1.82) is 0 Å². The fourth-order valence-electron chi connectivity index (χ4n) is 3.76. The van der Waals surface area contributed by atoms with Crippen LogP contribution in [0.25, 0.3) is 28.2 Å². The molecule has 0 aliphatic heterocycles. The lowest BCUT2D eigenvalue weighted by Crippen LogP contribution is -2.22. The number of methoxy groups -OCH3 is 1. The zero-order chi connectivity index (χ0) is 23.5. The fraction of sp³-hybridized carbons (Fsp3) is 0.0769. The summed E-state index contributed by atoms with van der Waals surface area (Å²) in [6.45, 7) is 0.391. The number of rotatable bonds is 6. The summed E-state index contributed by atoms with van der Waals surface area (Å²) in [6, 6.07) is 22.4. The lowest BCUT2D eigenvalue weighted by molar-refractivity contribution is 0.0950. The summed E-state index contributed by atoms with van der Waals surface area (Å²) in [4.78, 5) is 26.0. The summed E-state index contributed by atoms with van der Waals surface area (Å²) >= 11 is 0. The molecular formula is C26H22N6O2. The van der Waals surface area contributed by atoms with Gasteiger partial charge in [-0.05, 0) is 60.2 Å². The average Bonchev–Trinajstić information content (AvgIpc) is 3.27. The molecule has 0 fully saturated rings. The van der Waals surface area contributed by atoms with Crippen LogP contribution in [0.4, 0.5) is 5.82 Å². The Balaban J connectivity index is 1.42. The first-order valence-corrected chi connectivity index (χ1v) is 10.7. The van der Waals surface area contributed by atoms with Gasteiger partial charge >= 0.3 is 0 Å². The number of hydrogen-bond acceptors (Lipinski definition) is 6. The van der Waals surface area contributed by atoms with Gasteiger partial charge in [0.1, 0.15) is 17.1 Å². The van der Waals surface area contributed by atoms with Crippen LogP contribution in [-0.4, -0.2) is 32.5 Å². The van der Waals surface area contributed by atoms with Gasteiger partial charge in [0.2, 0.25) is 0 Å². The molecule has 3 N–H and O–H groups in total. The first-order chi connectivity index (χ1) is 16.6. The van der Waals surface area contributed by atoms with E-state index in [0.717, 1.165) is 28.0 Å². The number of hydrogen-bond donors (Lipinski definition) is 2. The lowest BCUT2D eigenvalue weighted by atomic mass is 10.1. The van der Waals surface area contributed by atoms with Crippen LogP contribution in [0.2, 0.25) is 0 Å². The maximum Gasteiger partial charge on any atom is 0.251 e. The van der Waals surface area contributed by atoms with Gasteiger partial charge in [-0.15, -0.1) is 0 Å². The molecule has 1 amide bonds. The molecule has 0 saturated carbocycles. The highest BCUT2D eigenvalue weighted by molar-refractivity contribution is 5.94. The number of nitrogens with two attached hydrogens (primary N) is 1. The molecule has 0 radical (unpaired) electrons. The predicted octanol–water partition coefficient (Wildman–Crippen LogP) is 4.00. The van der Waals surface area contributed by atoms with Crippen molar-refractivity contribution >= 4 is 22.9 Å². The summed E-state index contributed by atoms with van der Waals surface area (Å²) in [7, 11) is 1.58. The van der Waals surface area contributed by atoms with E-state index < -0.39 is 0 Å². The lowest BCUT2D eigenvalue weighted by Gasteiger charge is -2.11. The van der Waals surface area contributed by atoms with Crippen molar-refractivity contribution in [3.05, 3.63) is 96.3 Å². The number of anilines is 1. The zero-order valence-electron chi connectivity index (χ0n) is 18.5. The summed E-state index contributed by atoms with van der Waals surface area (Å²) < 4.78 is 7.15. The Morgan fingerprint density at radius 1 is 1.00 bits per heavy atom. The van der Waals surface area contributed by atoms with E-state index in [9.17, 15) is 4.79 Å². The molecule has 0 unspecified atom stereocenters. The van der Waals surface area contributed by atoms with Crippen molar-refractivity contribution in [3.63, 3.8) is 0 Å². The highest BCUT2D eigenvalue weighted by Crippen LogP contribution is 2.30.